The Bertz CT molecular complexity index is 388. The van der Waals surface area contributed by atoms with Crippen LogP contribution in [0.2, 0.25) is 0 Å². The Morgan fingerprint density at radius 2 is 2.25 bits per heavy atom. The Morgan fingerprint density at radius 3 is 2.95 bits per heavy atom. The number of anilines is 1. The summed E-state index contributed by atoms with van der Waals surface area (Å²) in [6.45, 7) is 6.52. The molecule has 2 N–H and O–H groups in total. The van der Waals surface area contributed by atoms with Crippen LogP contribution in [0.4, 0.5) is 5.69 Å². The molecule has 0 amide bonds. The molecule has 1 fully saturated rings. The lowest BCUT2D eigenvalue weighted by atomic mass is 10.1. The zero-order chi connectivity index (χ0) is 14.2. The molecule has 0 spiro atoms. The summed E-state index contributed by atoms with van der Waals surface area (Å²) in [7, 11) is 0. The Hall–Kier alpha value is -1.06. The summed E-state index contributed by atoms with van der Waals surface area (Å²) < 4.78 is 5.69. The van der Waals surface area contributed by atoms with Crippen molar-refractivity contribution in [2.75, 3.05) is 25.4 Å². The van der Waals surface area contributed by atoms with Gasteiger partial charge in [0.05, 0.1) is 6.10 Å². The predicted octanol–water partition coefficient (Wildman–Crippen LogP) is 3.44. The molecule has 20 heavy (non-hydrogen) atoms. The first-order valence-electron chi connectivity index (χ1n) is 7.96. The summed E-state index contributed by atoms with van der Waals surface area (Å²) >= 11 is 0. The van der Waals surface area contributed by atoms with E-state index < -0.39 is 0 Å². The number of nitrogens with zero attached hydrogens (tertiary/aromatic N) is 1. The van der Waals surface area contributed by atoms with Crippen LogP contribution in [0.25, 0.3) is 0 Å². The molecule has 3 heteroatoms. The Morgan fingerprint density at radius 1 is 1.35 bits per heavy atom. The number of hydrogen-bond acceptors (Lipinski definition) is 3. The van der Waals surface area contributed by atoms with Crippen LogP contribution in [0.3, 0.4) is 0 Å². The highest BCUT2D eigenvalue weighted by molar-refractivity contribution is 5.40. The lowest BCUT2D eigenvalue weighted by Gasteiger charge is -2.22. The topological polar surface area (TPSA) is 38.5 Å². The molecule has 112 valence electrons. The SMILES string of the molecule is CCCN(CCCC1CCCO1)Cc1cccc(N)c1. The van der Waals surface area contributed by atoms with Crippen LogP contribution in [-0.4, -0.2) is 30.7 Å². The zero-order valence-electron chi connectivity index (χ0n) is 12.7. The van der Waals surface area contributed by atoms with Crippen LogP contribution in [0.5, 0.6) is 0 Å². The van der Waals surface area contributed by atoms with Crippen LogP contribution >= 0.6 is 0 Å². The number of benzene rings is 1. The molecule has 1 atom stereocenters. The molecule has 0 saturated carbocycles. The summed E-state index contributed by atoms with van der Waals surface area (Å²) in [6.07, 6.45) is 6.65. The average Bonchev–Trinajstić information content (AvgIpc) is 2.92. The van der Waals surface area contributed by atoms with E-state index in [4.69, 9.17) is 10.5 Å². The third-order valence-corrected chi connectivity index (χ3v) is 3.92. The van der Waals surface area contributed by atoms with Crippen molar-refractivity contribution in [3.63, 3.8) is 0 Å². The van der Waals surface area contributed by atoms with Crippen LogP contribution in [-0.2, 0) is 11.3 Å². The van der Waals surface area contributed by atoms with Crippen molar-refractivity contribution in [3.8, 4) is 0 Å². The van der Waals surface area contributed by atoms with Gasteiger partial charge in [-0.2, -0.15) is 0 Å². The molecule has 1 aromatic carbocycles. The van der Waals surface area contributed by atoms with Crippen molar-refractivity contribution >= 4 is 5.69 Å². The van der Waals surface area contributed by atoms with Crippen molar-refractivity contribution in [3.05, 3.63) is 29.8 Å². The molecule has 1 saturated heterocycles. The minimum atomic E-state index is 0.519. The van der Waals surface area contributed by atoms with E-state index >= 15 is 0 Å². The van der Waals surface area contributed by atoms with Gasteiger partial charge in [0.2, 0.25) is 0 Å². The lowest BCUT2D eigenvalue weighted by molar-refractivity contribution is 0.0983. The first-order valence-corrected chi connectivity index (χ1v) is 7.96. The first kappa shape index (κ1) is 15.3. The van der Waals surface area contributed by atoms with Crippen LogP contribution in [0.1, 0.15) is 44.6 Å². The first-order chi connectivity index (χ1) is 9.78. The number of nitrogens with two attached hydrogens (primary N) is 1. The number of nitrogen functional groups attached to an aromatic ring is 1. The second-order valence-electron chi connectivity index (χ2n) is 5.80. The monoisotopic (exact) mass is 276 g/mol. The number of rotatable bonds is 8. The third-order valence-electron chi connectivity index (χ3n) is 3.92. The maximum absolute atomic E-state index is 5.86. The van der Waals surface area contributed by atoms with Gasteiger partial charge in [0.25, 0.3) is 0 Å². The van der Waals surface area contributed by atoms with E-state index in [9.17, 15) is 0 Å². The standard InChI is InChI=1S/C17H28N2O/c1-2-10-19(11-4-8-17-9-5-12-20-17)14-15-6-3-7-16(18)13-15/h3,6-7,13,17H,2,4-5,8-12,14,18H2,1H3. The fourth-order valence-corrected chi connectivity index (χ4v) is 2.95. The Kier molecular flexibility index (Phi) is 6.34. The van der Waals surface area contributed by atoms with Gasteiger partial charge < -0.3 is 10.5 Å². The van der Waals surface area contributed by atoms with E-state index in [0.717, 1.165) is 31.9 Å². The second-order valence-corrected chi connectivity index (χ2v) is 5.80. The summed E-state index contributed by atoms with van der Waals surface area (Å²) in [5.41, 5.74) is 8.03. The van der Waals surface area contributed by atoms with E-state index in [1.807, 2.05) is 12.1 Å². The molecule has 2 rings (SSSR count). The molecule has 1 aromatic rings. The Labute approximate surface area is 123 Å². The normalized spacial score (nSPS) is 18.8. The molecule has 1 unspecified atom stereocenters. The van der Waals surface area contributed by atoms with Crippen molar-refractivity contribution in [1.82, 2.24) is 4.90 Å². The van der Waals surface area contributed by atoms with Gasteiger partial charge in [-0.1, -0.05) is 19.1 Å². The van der Waals surface area contributed by atoms with E-state index in [-0.39, 0.29) is 0 Å². The summed E-state index contributed by atoms with van der Waals surface area (Å²) in [5.74, 6) is 0. The molecule has 0 radical (unpaired) electrons. The number of hydrogen-bond donors (Lipinski definition) is 1. The highest BCUT2D eigenvalue weighted by Crippen LogP contribution is 2.17. The fourth-order valence-electron chi connectivity index (χ4n) is 2.95. The van der Waals surface area contributed by atoms with Gasteiger partial charge in [0.1, 0.15) is 0 Å². The van der Waals surface area contributed by atoms with Gasteiger partial charge in [-0.15, -0.1) is 0 Å². The van der Waals surface area contributed by atoms with Gasteiger partial charge in [-0.05, 0) is 62.9 Å². The van der Waals surface area contributed by atoms with Gasteiger partial charge in [0.15, 0.2) is 0 Å². The molecule has 3 nitrogen and oxygen atoms in total. The van der Waals surface area contributed by atoms with Crippen molar-refractivity contribution in [2.24, 2.45) is 0 Å². The minimum Gasteiger partial charge on any atom is -0.399 e. The molecular formula is C17H28N2O. The van der Waals surface area contributed by atoms with Gasteiger partial charge >= 0.3 is 0 Å². The molecule has 0 aromatic heterocycles. The molecule has 1 aliphatic heterocycles. The van der Waals surface area contributed by atoms with E-state index in [2.05, 4.69) is 24.0 Å². The lowest BCUT2D eigenvalue weighted by Crippen LogP contribution is -2.26. The van der Waals surface area contributed by atoms with Crippen molar-refractivity contribution in [2.45, 2.75) is 51.7 Å². The number of ether oxygens (including phenoxy) is 1. The predicted molar refractivity (Wildman–Crippen MR) is 84.6 cm³/mol. The van der Waals surface area contributed by atoms with Gasteiger partial charge in [-0.25, -0.2) is 0 Å². The molecule has 0 aliphatic carbocycles. The minimum absolute atomic E-state index is 0.519. The largest absolute Gasteiger partial charge is 0.399 e. The summed E-state index contributed by atoms with van der Waals surface area (Å²) in [5, 5.41) is 0. The summed E-state index contributed by atoms with van der Waals surface area (Å²) in [6, 6.07) is 8.24. The van der Waals surface area contributed by atoms with Crippen LogP contribution < -0.4 is 5.73 Å². The molecule has 1 heterocycles. The fraction of sp³-hybridized carbons (Fsp3) is 0.647. The molecule has 1 aliphatic rings. The van der Waals surface area contributed by atoms with E-state index in [1.54, 1.807) is 0 Å². The average molecular weight is 276 g/mol. The van der Waals surface area contributed by atoms with E-state index in [0.29, 0.717) is 6.10 Å². The maximum atomic E-state index is 5.86. The van der Waals surface area contributed by atoms with Gasteiger partial charge in [0, 0.05) is 18.8 Å². The molecular weight excluding hydrogens is 248 g/mol. The quantitative estimate of drug-likeness (QED) is 0.739. The van der Waals surface area contributed by atoms with Crippen molar-refractivity contribution in [1.29, 1.82) is 0 Å². The Balaban J connectivity index is 1.77. The summed E-state index contributed by atoms with van der Waals surface area (Å²) in [4.78, 5) is 2.53. The smallest absolute Gasteiger partial charge is 0.0576 e. The second kappa shape index (κ2) is 8.28. The zero-order valence-corrected chi connectivity index (χ0v) is 12.7. The van der Waals surface area contributed by atoms with Crippen LogP contribution in [0.15, 0.2) is 24.3 Å². The van der Waals surface area contributed by atoms with E-state index in [1.165, 1.54) is 37.7 Å². The van der Waals surface area contributed by atoms with Crippen molar-refractivity contribution < 1.29 is 4.74 Å². The van der Waals surface area contributed by atoms with Crippen LogP contribution in [0, 0.1) is 0 Å². The third kappa shape index (κ3) is 5.14. The van der Waals surface area contributed by atoms with Gasteiger partial charge in [-0.3, -0.25) is 4.90 Å². The molecule has 0 bridgehead atoms. The highest BCUT2D eigenvalue weighted by Gasteiger charge is 2.15. The maximum Gasteiger partial charge on any atom is 0.0576 e. The highest BCUT2D eigenvalue weighted by atomic mass is 16.5.